The molecule has 2 aromatic carbocycles. The van der Waals surface area contributed by atoms with E-state index in [0.29, 0.717) is 38.4 Å². The number of ether oxygens (including phenoxy) is 1. The molecule has 11 nitrogen and oxygen atoms in total. The average molecular weight is 614 g/mol. The van der Waals surface area contributed by atoms with Gasteiger partial charge in [-0.05, 0) is 74.9 Å². The highest BCUT2D eigenvalue weighted by atomic mass is 16.5. The fourth-order valence-electron chi connectivity index (χ4n) is 6.43. The maximum atomic E-state index is 13.2. The summed E-state index contributed by atoms with van der Waals surface area (Å²) >= 11 is 0. The van der Waals surface area contributed by atoms with Crippen molar-refractivity contribution in [2.45, 2.75) is 63.5 Å². The van der Waals surface area contributed by atoms with Crippen LogP contribution >= 0.6 is 0 Å². The summed E-state index contributed by atoms with van der Waals surface area (Å²) in [6.07, 6.45) is 9.87. The number of para-hydroxylation sites is 2. The summed E-state index contributed by atoms with van der Waals surface area (Å²) in [5.74, 6) is 0.785. The molecule has 2 aliphatic heterocycles. The summed E-state index contributed by atoms with van der Waals surface area (Å²) in [5.41, 5.74) is 3.22. The molecular weight excluding hydrogens is 562 g/mol. The zero-order valence-corrected chi connectivity index (χ0v) is 25.9. The number of aryl methyl sites for hydroxylation is 1. The molecule has 1 atom stereocenters. The van der Waals surface area contributed by atoms with Gasteiger partial charge >= 0.3 is 0 Å². The lowest BCUT2D eigenvalue weighted by molar-refractivity contribution is -0.124. The Labute approximate surface area is 260 Å². The largest absolute Gasteiger partial charge is 0.496 e. The summed E-state index contributed by atoms with van der Waals surface area (Å²) in [6.45, 7) is 5.16. The second-order valence-corrected chi connectivity index (χ2v) is 11.5. The molecule has 0 spiro atoms. The molecule has 11 heteroatoms. The first-order valence-electron chi connectivity index (χ1n) is 15.3. The zero-order valence-electron chi connectivity index (χ0n) is 25.9. The maximum Gasteiger partial charge on any atom is 0.234 e. The molecule has 3 aromatic rings. The number of carbonyl (C=O) groups is 2. The number of aromatic amines is 1. The summed E-state index contributed by atoms with van der Waals surface area (Å²) in [4.78, 5) is 34.3. The molecule has 5 rings (SSSR count). The van der Waals surface area contributed by atoms with Crippen molar-refractivity contribution in [3.63, 3.8) is 0 Å². The molecule has 2 amide bonds. The van der Waals surface area contributed by atoms with Crippen LogP contribution in [0.3, 0.4) is 0 Å². The van der Waals surface area contributed by atoms with Crippen molar-refractivity contribution in [3.8, 4) is 5.75 Å². The Kier molecular flexibility index (Phi) is 15.3. The molecule has 0 unspecified atom stereocenters. The lowest BCUT2D eigenvalue weighted by Gasteiger charge is -2.40. The van der Waals surface area contributed by atoms with Crippen LogP contribution in [0, 0.1) is 0 Å². The van der Waals surface area contributed by atoms with Gasteiger partial charge in [-0.25, -0.2) is 0 Å². The van der Waals surface area contributed by atoms with Gasteiger partial charge in [-0.15, -0.1) is 0 Å². The van der Waals surface area contributed by atoms with Gasteiger partial charge in [-0.1, -0.05) is 42.8 Å². The smallest absolute Gasteiger partial charge is 0.234 e. The Morgan fingerprint density at radius 2 is 1.61 bits per heavy atom. The number of piperidine rings is 2. The van der Waals surface area contributed by atoms with Crippen LogP contribution in [0.2, 0.25) is 0 Å². The number of hydrogen-bond donors (Lipinski definition) is 3. The highest BCUT2D eigenvalue weighted by Crippen LogP contribution is 2.22. The topological polar surface area (TPSA) is 184 Å². The van der Waals surface area contributed by atoms with E-state index < -0.39 is 0 Å². The molecule has 9 N–H and O–H groups in total. The first-order valence-corrected chi connectivity index (χ1v) is 15.3. The van der Waals surface area contributed by atoms with Crippen molar-refractivity contribution in [2.24, 2.45) is 0 Å². The van der Waals surface area contributed by atoms with Gasteiger partial charge in [-0.2, -0.15) is 0 Å². The molecule has 3 heterocycles. The minimum absolute atomic E-state index is 0. The van der Waals surface area contributed by atoms with Gasteiger partial charge in [0, 0.05) is 49.2 Å². The number of carbonyl (C=O) groups excluding carboxylic acids is 2. The van der Waals surface area contributed by atoms with Crippen LogP contribution in [0.15, 0.2) is 54.7 Å². The van der Waals surface area contributed by atoms with Crippen LogP contribution in [0.4, 0.5) is 0 Å². The van der Waals surface area contributed by atoms with Crippen LogP contribution < -0.4 is 15.4 Å². The Morgan fingerprint density at radius 3 is 2.36 bits per heavy atom. The standard InChI is InChI=1S/C33H45N5O3.3H2O/c1-41-31-12-6-3-9-25(31)13-14-32(39)35-23-27(21-26-22-34-30-11-5-4-10-29(26)30)36-33(40)24-37-19-15-28(16-20-37)38-17-7-2-8-18-38;;;/h3-6,9-12,22,27-28,34H,2,7-8,13-21,23-24H2,1H3,(H,35,39)(H,36,40);3*1H2/t27-;;;/m1.../s1. The first-order chi connectivity index (χ1) is 20.1. The maximum absolute atomic E-state index is 13.2. The number of likely N-dealkylation sites (tertiary alicyclic amines) is 2. The fourth-order valence-corrected chi connectivity index (χ4v) is 6.43. The summed E-state index contributed by atoms with van der Waals surface area (Å²) in [5, 5.41) is 7.48. The number of nitrogens with zero attached hydrogens (tertiary/aromatic N) is 2. The Bertz CT molecular complexity index is 1290. The summed E-state index contributed by atoms with van der Waals surface area (Å²) < 4.78 is 5.42. The van der Waals surface area contributed by atoms with Gasteiger partial charge in [0.15, 0.2) is 0 Å². The molecule has 44 heavy (non-hydrogen) atoms. The number of rotatable bonds is 12. The number of fused-ring (bicyclic) bond motifs is 1. The third-order valence-corrected chi connectivity index (χ3v) is 8.70. The normalized spacial score (nSPS) is 16.6. The SMILES string of the molecule is COc1ccccc1CCC(=O)NC[C@@H](Cc1c[nH]c2ccccc12)NC(=O)CN1CCC(N2CCCCC2)CC1.O.O.O. The minimum Gasteiger partial charge on any atom is -0.496 e. The zero-order chi connectivity index (χ0) is 28.4. The van der Waals surface area contributed by atoms with E-state index in [1.54, 1.807) is 7.11 Å². The molecule has 0 aliphatic carbocycles. The third kappa shape index (κ3) is 10.0. The van der Waals surface area contributed by atoms with Crippen molar-refractivity contribution < 1.29 is 30.8 Å². The number of methoxy groups -OCH3 is 1. The molecule has 0 radical (unpaired) electrons. The Hall–Kier alpha value is -3.48. The first kappa shape index (κ1) is 36.7. The van der Waals surface area contributed by atoms with Crippen molar-refractivity contribution in [1.82, 2.24) is 25.4 Å². The van der Waals surface area contributed by atoms with Gasteiger partial charge in [0.1, 0.15) is 5.75 Å². The summed E-state index contributed by atoms with van der Waals surface area (Å²) in [7, 11) is 1.65. The number of nitrogens with one attached hydrogen (secondary N) is 3. The van der Waals surface area contributed by atoms with E-state index in [4.69, 9.17) is 4.74 Å². The molecule has 2 aliphatic rings. The van der Waals surface area contributed by atoms with Crippen LogP contribution in [-0.2, 0) is 22.4 Å². The van der Waals surface area contributed by atoms with E-state index in [-0.39, 0.29) is 34.3 Å². The van der Waals surface area contributed by atoms with Crippen LogP contribution in [0.5, 0.6) is 5.75 Å². The van der Waals surface area contributed by atoms with E-state index in [9.17, 15) is 9.59 Å². The highest BCUT2D eigenvalue weighted by Gasteiger charge is 2.27. The second-order valence-electron chi connectivity index (χ2n) is 11.5. The third-order valence-electron chi connectivity index (χ3n) is 8.70. The van der Waals surface area contributed by atoms with Crippen LogP contribution in [-0.4, -0.2) is 101 Å². The van der Waals surface area contributed by atoms with Crippen molar-refractivity contribution >= 4 is 22.7 Å². The van der Waals surface area contributed by atoms with Gasteiger partial charge < -0.3 is 41.7 Å². The molecule has 2 saturated heterocycles. The van der Waals surface area contributed by atoms with Crippen molar-refractivity contribution in [2.75, 3.05) is 46.4 Å². The van der Waals surface area contributed by atoms with E-state index in [1.165, 1.54) is 32.4 Å². The quantitative estimate of drug-likeness (QED) is 0.279. The van der Waals surface area contributed by atoms with Crippen LogP contribution in [0.1, 0.15) is 49.7 Å². The predicted octanol–water partition coefficient (Wildman–Crippen LogP) is 1.43. The highest BCUT2D eigenvalue weighted by molar-refractivity contribution is 5.83. The number of benzene rings is 2. The van der Waals surface area contributed by atoms with Crippen molar-refractivity contribution in [1.29, 1.82) is 0 Å². The summed E-state index contributed by atoms with van der Waals surface area (Å²) in [6, 6.07) is 16.4. The lowest BCUT2D eigenvalue weighted by Crippen LogP contribution is -2.51. The van der Waals surface area contributed by atoms with Gasteiger partial charge in [0.05, 0.1) is 19.7 Å². The number of amides is 2. The second kappa shape index (κ2) is 18.4. The van der Waals surface area contributed by atoms with Crippen LogP contribution in [0.25, 0.3) is 10.9 Å². The fraction of sp³-hybridized carbons (Fsp3) is 0.515. The molecular formula is C33H51N5O6. The van der Waals surface area contributed by atoms with Gasteiger partial charge in [0.25, 0.3) is 0 Å². The van der Waals surface area contributed by atoms with Gasteiger partial charge in [-0.3, -0.25) is 14.5 Å². The van der Waals surface area contributed by atoms with E-state index in [1.807, 2.05) is 42.6 Å². The van der Waals surface area contributed by atoms with E-state index in [2.05, 4.69) is 37.6 Å². The van der Waals surface area contributed by atoms with Crippen molar-refractivity contribution in [3.05, 3.63) is 65.9 Å². The monoisotopic (exact) mass is 613 g/mol. The number of H-pyrrole nitrogens is 1. The minimum atomic E-state index is -0.206. The molecule has 2 fully saturated rings. The Balaban J connectivity index is 0.00000225. The lowest BCUT2D eigenvalue weighted by atomic mass is 10.00. The molecule has 1 aromatic heterocycles. The van der Waals surface area contributed by atoms with Gasteiger partial charge in [0.2, 0.25) is 11.8 Å². The Morgan fingerprint density at radius 1 is 0.909 bits per heavy atom. The van der Waals surface area contributed by atoms with E-state index >= 15 is 0 Å². The number of hydrogen-bond acceptors (Lipinski definition) is 5. The molecule has 0 bridgehead atoms. The average Bonchev–Trinajstić information content (AvgIpc) is 3.42. The molecule has 0 saturated carbocycles. The molecule has 244 valence electrons. The predicted molar refractivity (Wildman–Crippen MR) is 174 cm³/mol. The number of aromatic nitrogens is 1. The van der Waals surface area contributed by atoms with E-state index in [0.717, 1.165) is 53.7 Å².